The summed E-state index contributed by atoms with van der Waals surface area (Å²) in [6.07, 6.45) is 2.08. The minimum absolute atomic E-state index is 0.213. The fraction of sp³-hybridized carbons (Fsp3) is 0.462. The van der Waals surface area contributed by atoms with Crippen molar-refractivity contribution in [2.45, 2.75) is 24.9 Å². The van der Waals surface area contributed by atoms with Crippen molar-refractivity contribution in [3.8, 4) is 11.8 Å². The first kappa shape index (κ1) is 23.1. The van der Waals surface area contributed by atoms with Crippen molar-refractivity contribution in [3.63, 3.8) is 0 Å². The molecule has 33 heavy (non-hydrogen) atoms. The van der Waals surface area contributed by atoms with Gasteiger partial charge >= 0.3 is 5.97 Å². The number of piperazine rings is 1. The largest absolute Gasteiger partial charge is 0.497 e. The van der Waals surface area contributed by atoms with Crippen molar-refractivity contribution in [3.05, 3.63) is 59.7 Å². The first-order valence-electron chi connectivity index (χ1n) is 11.6. The van der Waals surface area contributed by atoms with Gasteiger partial charge in [-0.2, -0.15) is 5.26 Å². The minimum Gasteiger partial charge on any atom is -0.497 e. The van der Waals surface area contributed by atoms with Gasteiger partial charge in [-0.05, 0) is 54.8 Å². The molecule has 1 atom stereocenters. The van der Waals surface area contributed by atoms with Gasteiger partial charge in [0, 0.05) is 51.0 Å². The van der Waals surface area contributed by atoms with Crippen LogP contribution in [-0.2, 0) is 9.53 Å². The predicted molar refractivity (Wildman–Crippen MR) is 127 cm³/mol. The first-order valence-corrected chi connectivity index (χ1v) is 11.6. The zero-order valence-corrected chi connectivity index (χ0v) is 19.4. The summed E-state index contributed by atoms with van der Waals surface area (Å²) in [6, 6.07) is 17.9. The Morgan fingerprint density at radius 2 is 1.58 bits per heavy atom. The zero-order chi connectivity index (χ0) is 23.2. The van der Waals surface area contributed by atoms with Crippen molar-refractivity contribution in [1.82, 2.24) is 9.80 Å². The van der Waals surface area contributed by atoms with E-state index in [9.17, 15) is 4.79 Å². The summed E-state index contributed by atoms with van der Waals surface area (Å²) in [4.78, 5) is 19.9. The third kappa shape index (κ3) is 5.29. The van der Waals surface area contributed by atoms with Crippen LogP contribution in [0.5, 0.6) is 5.75 Å². The second kappa shape index (κ2) is 10.7. The number of ether oxygens (including phenoxy) is 2. The van der Waals surface area contributed by atoms with E-state index < -0.39 is 0 Å². The molecule has 2 aromatic rings. The highest BCUT2D eigenvalue weighted by Gasteiger charge is 2.34. The fourth-order valence-corrected chi connectivity index (χ4v) is 5.00. The van der Waals surface area contributed by atoms with Crippen molar-refractivity contribution in [1.29, 1.82) is 5.26 Å². The van der Waals surface area contributed by atoms with E-state index in [-0.39, 0.29) is 12.0 Å². The van der Waals surface area contributed by atoms with E-state index >= 15 is 0 Å². The van der Waals surface area contributed by atoms with Gasteiger partial charge < -0.3 is 14.4 Å². The molecule has 0 N–H and O–H groups in total. The van der Waals surface area contributed by atoms with Gasteiger partial charge in [-0.15, -0.1) is 0 Å². The van der Waals surface area contributed by atoms with E-state index in [1.165, 1.54) is 12.8 Å². The van der Waals surface area contributed by atoms with Crippen molar-refractivity contribution < 1.29 is 14.3 Å². The highest BCUT2D eigenvalue weighted by Crippen LogP contribution is 2.29. The molecule has 7 heteroatoms. The number of hydrogen-bond donors (Lipinski definition) is 0. The van der Waals surface area contributed by atoms with Crippen molar-refractivity contribution >= 4 is 11.7 Å². The smallest absolute Gasteiger partial charge is 0.327 e. The number of methoxy groups -OCH3 is 2. The SMILES string of the molecule is COC(=O)C(c1ccc(OC)cc1)N1CCC(N2CCN(c3ccc(C#N)cc3)CC2)CC1. The molecule has 4 rings (SSSR count). The third-order valence-electron chi connectivity index (χ3n) is 6.91. The number of anilines is 1. The minimum atomic E-state index is -0.380. The number of benzene rings is 2. The normalized spacial score (nSPS) is 19.0. The van der Waals surface area contributed by atoms with Gasteiger partial charge in [-0.1, -0.05) is 12.1 Å². The molecule has 2 aromatic carbocycles. The first-order chi connectivity index (χ1) is 16.1. The van der Waals surface area contributed by atoms with Gasteiger partial charge in [-0.25, -0.2) is 4.79 Å². The highest BCUT2D eigenvalue weighted by molar-refractivity contribution is 5.77. The average molecular weight is 449 g/mol. The Labute approximate surface area is 196 Å². The third-order valence-corrected chi connectivity index (χ3v) is 6.91. The summed E-state index contributed by atoms with van der Waals surface area (Å²) >= 11 is 0. The van der Waals surface area contributed by atoms with Crippen LogP contribution in [-0.4, -0.2) is 75.3 Å². The second-order valence-electron chi connectivity index (χ2n) is 8.65. The Hall–Kier alpha value is -3.08. The summed E-state index contributed by atoms with van der Waals surface area (Å²) in [5.74, 6) is 0.566. The fourth-order valence-electron chi connectivity index (χ4n) is 5.00. The van der Waals surface area contributed by atoms with Gasteiger partial charge in [0.25, 0.3) is 0 Å². The van der Waals surface area contributed by atoms with Crippen LogP contribution in [0.2, 0.25) is 0 Å². The highest BCUT2D eigenvalue weighted by atomic mass is 16.5. The maximum Gasteiger partial charge on any atom is 0.327 e. The van der Waals surface area contributed by atoms with Crippen LogP contribution in [0, 0.1) is 11.3 Å². The number of nitriles is 1. The number of nitrogens with zero attached hydrogens (tertiary/aromatic N) is 4. The number of likely N-dealkylation sites (tertiary alicyclic amines) is 1. The van der Waals surface area contributed by atoms with Gasteiger partial charge in [0.2, 0.25) is 0 Å². The Kier molecular flexibility index (Phi) is 7.48. The molecule has 0 bridgehead atoms. The molecule has 7 nitrogen and oxygen atoms in total. The topological polar surface area (TPSA) is 69.0 Å². The molecular formula is C26H32N4O3. The molecule has 2 aliphatic heterocycles. The van der Waals surface area contributed by atoms with Crippen LogP contribution >= 0.6 is 0 Å². The van der Waals surface area contributed by atoms with Gasteiger partial charge in [0.05, 0.1) is 25.9 Å². The molecule has 2 fully saturated rings. The average Bonchev–Trinajstić information content (AvgIpc) is 2.89. The quantitative estimate of drug-likeness (QED) is 0.629. The number of rotatable bonds is 6. The van der Waals surface area contributed by atoms with Crippen LogP contribution in [0.4, 0.5) is 5.69 Å². The van der Waals surface area contributed by atoms with E-state index in [0.717, 1.165) is 63.4 Å². The standard InChI is InChI=1S/C26H32N4O3/c1-32-24-9-5-21(6-10-24)25(26(31)33-2)30-13-11-23(12-14-30)29-17-15-28(16-18-29)22-7-3-20(19-27)4-8-22/h3-10,23,25H,11-18H2,1-2H3. The maximum atomic E-state index is 12.6. The molecule has 2 aliphatic rings. The van der Waals surface area contributed by atoms with Gasteiger partial charge in [-0.3, -0.25) is 9.80 Å². The second-order valence-corrected chi connectivity index (χ2v) is 8.65. The number of hydrogen-bond acceptors (Lipinski definition) is 7. The number of carbonyl (C=O) groups excluding carboxylic acids is 1. The predicted octanol–water partition coefficient (Wildman–Crippen LogP) is 3.07. The molecule has 174 valence electrons. The molecule has 2 heterocycles. The number of esters is 1. The summed E-state index contributed by atoms with van der Waals surface area (Å²) in [5.41, 5.74) is 2.82. The van der Waals surface area contributed by atoms with Crippen LogP contribution in [0.15, 0.2) is 48.5 Å². The molecule has 0 spiro atoms. The molecule has 0 aliphatic carbocycles. The summed E-state index contributed by atoms with van der Waals surface area (Å²) in [6.45, 7) is 5.78. The molecule has 0 amide bonds. The van der Waals surface area contributed by atoms with E-state index in [1.54, 1.807) is 7.11 Å². The Morgan fingerprint density at radius 3 is 2.12 bits per heavy atom. The van der Waals surface area contributed by atoms with Gasteiger partial charge in [0.15, 0.2) is 0 Å². The summed E-state index contributed by atoms with van der Waals surface area (Å²) in [7, 11) is 3.10. The Bertz CT molecular complexity index is 955. The van der Waals surface area contributed by atoms with Crippen LogP contribution in [0.25, 0.3) is 0 Å². The summed E-state index contributed by atoms with van der Waals surface area (Å²) in [5, 5.41) is 9.00. The lowest BCUT2D eigenvalue weighted by Crippen LogP contribution is -2.54. The lowest BCUT2D eigenvalue weighted by atomic mass is 9.97. The maximum absolute atomic E-state index is 12.6. The molecule has 0 aromatic heterocycles. The Morgan fingerprint density at radius 1 is 0.939 bits per heavy atom. The monoisotopic (exact) mass is 448 g/mol. The molecule has 2 saturated heterocycles. The number of carbonyl (C=O) groups is 1. The van der Waals surface area contributed by atoms with E-state index in [2.05, 4.69) is 20.8 Å². The van der Waals surface area contributed by atoms with E-state index in [0.29, 0.717) is 11.6 Å². The Balaban J connectivity index is 1.32. The van der Waals surface area contributed by atoms with Crippen LogP contribution in [0.1, 0.15) is 30.0 Å². The van der Waals surface area contributed by atoms with E-state index in [4.69, 9.17) is 14.7 Å². The van der Waals surface area contributed by atoms with Crippen molar-refractivity contribution in [2.75, 3.05) is 58.4 Å². The zero-order valence-electron chi connectivity index (χ0n) is 19.4. The lowest BCUT2D eigenvalue weighted by Gasteiger charge is -2.44. The van der Waals surface area contributed by atoms with Gasteiger partial charge in [0.1, 0.15) is 11.8 Å². The molecule has 0 saturated carbocycles. The molecule has 0 radical (unpaired) electrons. The summed E-state index contributed by atoms with van der Waals surface area (Å²) < 4.78 is 10.4. The molecular weight excluding hydrogens is 416 g/mol. The molecule has 1 unspecified atom stereocenters. The number of piperidine rings is 1. The van der Waals surface area contributed by atoms with Crippen LogP contribution < -0.4 is 9.64 Å². The van der Waals surface area contributed by atoms with E-state index in [1.807, 2.05) is 48.5 Å². The lowest BCUT2D eigenvalue weighted by molar-refractivity contribution is -0.148. The van der Waals surface area contributed by atoms with Crippen molar-refractivity contribution in [2.24, 2.45) is 0 Å². The van der Waals surface area contributed by atoms with Crippen LogP contribution in [0.3, 0.4) is 0 Å².